The van der Waals surface area contributed by atoms with Crippen molar-refractivity contribution in [3.63, 3.8) is 0 Å². The third-order valence-electron chi connectivity index (χ3n) is 7.58. The number of para-hydroxylation sites is 1. The van der Waals surface area contributed by atoms with Gasteiger partial charge in [-0.2, -0.15) is 0 Å². The number of halogens is 1. The van der Waals surface area contributed by atoms with Crippen LogP contribution in [-0.4, -0.2) is 23.2 Å². The maximum absolute atomic E-state index is 14.4. The Balaban J connectivity index is 1.55. The van der Waals surface area contributed by atoms with Crippen molar-refractivity contribution in [2.45, 2.75) is 46.4 Å². The number of carbonyl (C=O) groups excluding carboxylic acids is 1. The zero-order valence-corrected chi connectivity index (χ0v) is 27.5. The highest BCUT2D eigenvalue weighted by molar-refractivity contribution is 7.07. The van der Waals surface area contributed by atoms with Crippen LogP contribution in [0.3, 0.4) is 0 Å². The van der Waals surface area contributed by atoms with E-state index >= 15 is 0 Å². The van der Waals surface area contributed by atoms with Gasteiger partial charge in [-0.1, -0.05) is 83.6 Å². The zero-order chi connectivity index (χ0) is 32.4. The van der Waals surface area contributed by atoms with E-state index in [0.29, 0.717) is 49.3 Å². The average molecular weight is 653 g/mol. The molecule has 1 atom stereocenters. The largest absolute Gasteiger partial charge is 0.491 e. The lowest BCUT2D eigenvalue weighted by atomic mass is 9.95. The van der Waals surface area contributed by atoms with Crippen molar-refractivity contribution >= 4 is 45.8 Å². The van der Waals surface area contributed by atoms with Crippen LogP contribution in [0, 0.1) is 0 Å². The molecule has 1 aliphatic heterocycles. The van der Waals surface area contributed by atoms with Crippen molar-refractivity contribution in [3.8, 4) is 11.5 Å². The number of allylic oxidation sites excluding steroid dienone is 1. The molecule has 4 aromatic carbocycles. The maximum atomic E-state index is 14.4. The molecule has 0 fully saturated rings. The van der Waals surface area contributed by atoms with Crippen molar-refractivity contribution in [1.82, 2.24) is 4.57 Å². The number of hydrogen-bond donors (Lipinski definition) is 0. The number of thiazole rings is 1. The predicted molar refractivity (Wildman–Crippen MR) is 182 cm³/mol. The van der Waals surface area contributed by atoms with Crippen molar-refractivity contribution in [1.29, 1.82) is 0 Å². The van der Waals surface area contributed by atoms with Crippen LogP contribution in [0.2, 0.25) is 5.02 Å². The molecule has 234 valence electrons. The average Bonchev–Trinajstić information content (AvgIpc) is 3.34. The summed E-state index contributed by atoms with van der Waals surface area (Å²) in [6.07, 6.45) is 1.74. The monoisotopic (exact) mass is 652 g/mol. The number of benzene rings is 4. The minimum Gasteiger partial charge on any atom is -0.491 e. The topological polar surface area (TPSA) is 79.1 Å². The lowest BCUT2D eigenvalue weighted by Crippen LogP contribution is -2.40. The Bertz CT molecular complexity index is 2160. The number of rotatable bonds is 9. The first-order valence-corrected chi connectivity index (χ1v) is 16.3. The molecule has 1 aliphatic rings. The molecule has 0 N–H and O–H groups in total. The maximum Gasteiger partial charge on any atom is 0.338 e. The van der Waals surface area contributed by atoms with Gasteiger partial charge in [-0.05, 0) is 74.4 Å². The summed E-state index contributed by atoms with van der Waals surface area (Å²) in [5.74, 6) is 0.688. The molecule has 2 heterocycles. The Kier molecular flexibility index (Phi) is 9.10. The van der Waals surface area contributed by atoms with Gasteiger partial charge in [0.1, 0.15) is 24.1 Å². The first-order valence-electron chi connectivity index (χ1n) is 15.1. The van der Waals surface area contributed by atoms with Crippen molar-refractivity contribution in [2.24, 2.45) is 4.99 Å². The molecule has 0 spiro atoms. The van der Waals surface area contributed by atoms with Crippen molar-refractivity contribution in [2.75, 3.05) is 6.61 Å². The van der Waals surface area contributed by atoms with Crippen LogP contribution in [0.4, 0.5) is 0 Å². The highest BCUT2D eigenvalue weighted by Gasteiger charge is 2.35. The summed E-state index contributed by atoms with van der Waals surface area (Å²) in [6, 6.07) is 26.1. The summed E-state index contributed by atoms with van der Waals surface area (Å²) in [4.78, 5) is 33.1. The van der Waals surface area contributed by atoms with Crippen LogP contribution in [0.25, 0.3) is 16.8 Å². The number of aromatic nitrogens is 1. The molecule has 1 aromatic heterocycles. The van der Waals surface area contributed by atoms with Gasteiger partial charge in [0.05, 0.1) is 28.5 Å². The summed E-state index contributed by atoms with van der Waals surface area (Å²) >= 11 is 7.48. The lowest BCUT2D eigenvalue weighted by molar-refractivity contribution is -0.139. The molecule has 0 saturated heterocycles. The fourth-order valence-corrected chi connectivity index (χ4v) is 6.86. The van der Waals surface area contributed by atoms with E-state index in [0.717, 1.165) is 21.9 Å². The lowest BCUT2D eigenvalue weighted by Gasteiger charge is -2.26. The summed E-state index contributed by atoms with van der Waals surface area (Å²) in [5.41, 5.74) is 2.89. The van der Waals surface area contributed by atoms with Crippen LogP contribution >= 0.6 is 22.9 Å². The Morgan fingerprint density at radius 2 is 1.80 bits per heavy atom. The van der Waals surface area contributed by atoms with Gasteiger partial charge < -0.3 is 14.2 Å². The molecular formula is C37H33ClN2O5S. The van der Waals surface area contributed by atoms with Crippen molar-refractivity contribution < 1.29 is 19.0 Å². The number of carbonyl (C=O) groups is 1. The molecule has 5 aromatic rings. The van der Waals surface area contributed by atoms with Crippen LogP contribution in [0.5, 0.6) is 11.5 Å². The molecular weight excluding hydrogens is 620 g/mol. The predicted octanol–water partition coefficient (Wildman–Crippen LogP) is 6.97. The fraction of sp³-hybridized carbons (Fsp3) is 0.216. The molecule has 0 bridgehead atoms. The fourth-order valence-electron chi connectivity index (χ4n) is 5.62. The van der Waals surface area contributed by atoms with Crippen LogP contribution in [0.1, 0.15) is 50.4 Å². The van der Waals surface area contributed by atoms with Crippen LogP contribution in [0.15, 0.2) is 106 Å². The van der Waals surface area contributed by atoms with Gasteiger partial charge >= 0.3 is 5.97 Å². The van der Waals surface area contributed by atoms with Gasteiger partial charge in [0, 0.05) is 16.1 Å². The summed E-state index contributed by atoms with van der Waals surface area (Å²) in [6.45, 7) is 7.89. The van der Waals surface area contributed by atoms with Gasteiger partial charge in [-0.3, -0.25) is 9.36 Å². The van der Waals surface area contributed by atoms with Crippen LogP contribution < -0.4 is 24.4 Å². The Hall–Kier alpha value is -4.66. The molecule has 0 aliphatic carbocycles. The van der Waals surface area contributed by atoms with Gasteiger partial charge in [0.25, 0.3) is 5.56 Å². The first-order chi connectivity index (χ1) is 22.2. The van der Waals surface area contributed by atoms with E-state index in [2.05, 4.69) is 0 Å². The Morgan fingerprint density at radius 3 is 2.59 bits per heavy atom. The smallest absolute Gasteiger partial charge is 0.338 e. The van der Waals surface area contributed by atoms with Gasteiger partial charge in [-0.25, -0.2) is 9.79 Å². The molecule has 0 radical (unpaired) electrons. The normalized spacial score (nSPS) is 14.7. The quantitative estimate of drug-likeness (QED) is 0.161. The SMILES string of the molecule is CCOC(=O)C1=C(C)N=c2s/c(=C\c3c(OCc4cccc(Cl)c4)ccc4ccccc34)c(=O)n2[C@H]1c1ccccc1OC(C)C. The Morgan fingerprint density at radius 1 is 1.02 bits per heavy atom. The highest BCUT2D eigenvalue weighted by Crippen LogP contribution is 2.36. The minimum atomic E-state index is -0.793. The minimum absolute atomic E-state index is 0.121. The number of esters is 1. The van der Waals surface area contributed by atoms with Crippen molar-refractivity contribution in [3.05, 3.63) is 138 Å². The van der Waals surface area contributed by atoms with Gasteiger partial charge in [-0.15, -0.1) is 0 Å². The molecule has 9 heteroatoms. The van der Waals surface area contributed by atoms with Gasteiger partial charge in [0.2, 0.25) is 0 Å². The summed E-state index contributed by atoms with van der Waals surface area (Å²) in [5, 5.41) is 2.58. The van der Waals surface area contributed by atoms with E-state index in [4.69, 9.17) is 30.8 Å². The Labute approximate surface area is 275 Å². The zero-order valence-electron chi connectivity index (χ0n) is 26.0. The second-order valence-corrected chi connectivity index (χ2v) is 12.6. The van der Waals surface area contributed by atoms with E-state index in [9.17, 15) is 9.59 Å². The number of fused-ring (bicyclic) bond motifs is 2. The highest BCUT2D eigenvalue weighted by atomic mass is 35.5. The number of nitrogens with zero attached hydrogens (tertiary/aromatic N) is 2. The van der Waals surface area contributed by atoms with Gasteiger partial charge in [0.15, 0.2) is 4.80 Å². The van der Waals surface area contributed by atoms with E-state index in [1.54, 1.807) is 18.4 Å². The van der Waals surface area contributed by atoms with E-state index < -0.39 is 12.0 Å². The molecule has 7 nitrogen and oxygen atoms in total. The molecule has 46 heavy (non-hydrogen) atoms. The number of hydrogen-bond acceptors (Lipinski definition) is 7. The summed E-state index contributed by atoms with van der Waals surface area (Å²) in [7, 11) is 0. The first kappa shape index (κ1) is 31.3. The molecule has 0 unspecified atom stereocenters. The summed E-state index contributed by atoms with van der Waals surface area (Å²) < 4.78 is 20.0. The molecule has 6 rings (SSSR count). The number of ether oxygens (including phenoxy) is 3. The van der Waals surface area contributed by atoms with E-state index in [1.807, 2.05) is 105 Å². The second-order valence-electron chi connectivity index (χ2n) is 11.1. The standard InChI is InChI=1S/C37H33ClN2O5S/c1-5-43-36(42)33-23(4)39-37-40(34(33)28-15-8-9-16-31(28)45-22(2)3)35(41)32(46-37)20-29-27-14-7-6-12-25(27)17-18-30(29)44-21-24-11-10-13-26(38)19-24/h6-20,22,34H,5,21H2,1-4H3/b32-20-/t34-/m0/s1. The van der Waals surface area contributed by atoms with Crippen LogP contribution in [-0.2, 0) is 16.1 Å². The van der Waals surface area contributed by atoms with E-state index in [1.165, 1.54) is 11.3 Å². The molecule has 0 amide bonds. The molecule has 0 saturated carbocycles. The van der Waals surface area contributed by atoms with E-state index in [-0.39, 0.29) is 18.3 Å². The second kappa shape index (κ2) is 13.4. The third kappa shape index (κ3) is 6.23. The third-order valence-corrected chi connectivity index (χ3v) is 8.80.